The molecule has 0 aliphatic carbocycles. The van der Waals surface area contributed by atoms with Gasteiger partial charge >= 0.3 is 0 Å². The first-order valence-electron chi connectivity index (χ1n) is 7.45. The molecule has 0 spiro atoms. The third kappa shape index (κ3) is 3.35. The number of nitrogens with zero attached hydrogens (tertiary/aromatic N) is 1. The molecule has 1 aliphatic heterocycles. The van der Waals surface area contributed by atoms with Gasteiger partial charge in [0.2, 0.25) is 10.0 Å². The molecule has 2 rings (SSSR count). The van der Waals surface area contributed by atoms with Gasteiger partial charge in [-0.15, -0.1) is 0 Å². The van der Waals surface area contributed by atoms with Gasteiger partial charge < -0.3 is 10.1 Å². The Hall–Kier alpha value is -1.76. The van der Waals surface area contributed by atoms with Gasteiger partial charge in [0, 0.05) is 6.04 Å². The molecule has 1 amide bonds. The summed E-state index contributed by atoms with van der Waals surface area (Å²) in [7, 11) is -3.46. The second-order valence-corrected chi connectivity index (χ2v) is 7.51. The fraction of sp³-hybridized carbons (Fsp3) is 0.533. The maximum atomic E-state index is 12.3. The number of para-hydroxylation sites is 2. The van der Waals surface area contributed by atoms with Crippen molar-refractivity contribution in [1.82, 2.24) is 5.32 Å². The highest BCUT2D eigenvalue weighted by atomic mass is 32.2. The van der Waals surface area contributed by atoms with Crippen LogP contribution < -0.4 is 14.4 Å². The average molecular weight is 326 g/mol. The summed E-state index contributed by atoms with van der Waals surface area (Å²) in [5, 5.41) is 2.83. The molecule has 22 heavy (non-hydrogen) atoms. The Morgan fingerprint density at radius 3 is 2.73 bits per heavy atom. The van der Waals surface area contributed by atoms with Crippen molar-refractivity contribution >= 4 is 21.6 Å². The number of carbonyl (C=O) groups is 1. The summed E-state index contributed by atoms with van der Waals surface area (Å²) in [6, 6.07) is 6.89. The molecule has 1 aliphatic rings. The molecule has 0 fully saturated rings. The van der Waals surface area contributed by atoms with Crippen molar-refractivity contribution in [2.45, 2.75) is 39.3 Å². The van der Waals surface area contributed by atoms with Crippen LogP contribution in [0.2, 0.25) is 0 Å². The summed E-state index contributed by atoms with van der Waals surface area (Å²) in [6.45, 7) is 5.45. The largest absolute Gasteiger partial charge is 0.476 e. The third-order valence-corrected chi connectivity index (χ3v) is 5.48. The Morgan fingerprint density at radius 2 is 2.09 bits per heavy atom. The maximum Gasteiger partial charge on any atom is 0.263 e. The fourth-order valence-corrected chi connectivity index (χ4v) is 3.32. The molecule has 0 radical (unpaired) electrons. The van der Waals surface area contributed by atoms with Crippen LogP contribution in [0.5, 0.6) is 5.75 Å². The standard InChI is InChI=1S/C15H22N2O4S/c1-4-11(3)16-15(18)14-10-17(22(19,20)5-2)12-8-6-7-9-13(12)21-14/h6-9,11,14H,4-5,10H2,1-3H3,(H,16,18)/t11-,14+/m0/s1. The van der Waals surface area contributed by atoms with Crippen molar-refractivity contribution in [3.63, 3.8) is 0 Å². The van der Waals surface area contributed by atoms with E-state index < -0.39 is 16.1 Å². The van der Waals surface area contributed by atoms with Crippen LogP contribution in [-0.2, 0) is 14.8 Å². The Bertz CT molecular complexity index is 645. The van der Waals surface area contributed by atoms with Crippen LogP contribution in [0.4, 0.5) is 5.69 Å². The Labute approximate surface area is 131 Å². The lowest BCUT2D eigenvalue weighted by molar-refractivity contribution is -0.128. The highest BCUT2D eigenvalue weighted by Crippen LogP contribution is 2.35. The molecule has 1 heterocycles. The van der Waals surface area contributed by atoms with Crippen LogP contribution in [0.25, 0.3) is 0 Å². The molecule has 0 bridgehead atoms. The van der Waals surface area contributed by atoms with E-state index in [1.165, 1.54) is 4.31 Å². The van der Waals surface area contributed by atoms with E-state index in [-0.39, 0.29) is 24.2 Å². The molecular weight excluding hydrogens is 304 g/mol. The van der Waals surface area contributed by atoms with Crippen molar-refractivity contribution < 1.29 is 17.9 Å². The topological polar surface area (TPSA) is 75.7 Å². The molecule has 7 heteroatoms. The molecule has 1 aromatic rings. The number of fused-ring (bicyclic) bond motifs is 1. The highest BCUT2D eigenvalue weighted by molar-refractivity contribution is 7.92. The van der Waals surface area contributed by atoms with Crippen LogP contribution in [0.1, 0.15) is 27.2 Å². The zero-order valence-corrected chi connectivity index (χ0v) is 13.9. The lowest BCUT2D eigenvalue weighted by Gasteiger charge is -2.34. The van der Waals surface area contributed by atoms with Gasteiger partial charge in [-0.2, -0.15) is 0 Å². The number of ether oxygens (including phenoxy) is 1. The zero-order valence-electron chi connectivity index (χ0n) is 13.1. The Morgan fingerprint density at radius 1 is 1.41 bits per heavy atom. The molecule has 1 aromatic carbocycles. The number of nitrogens with one attached hydrogen (secondary N) is 1. The molecule has 1 N–H and O–H groups in total. The summed E-state index contributed by atoms with van der Waals surface area (Å²) < 4.78 is 31.6. The SMILES string of the molecule is CC[C@H](C)NC(=O)[C@H]1CN(S(=O)(=O)CC)c2ccccc2O1. The Kier molecular flexibility index (Phi) is 4.95. The van der Waals surface area contributed by atoms with Crippen LogP contribution in [0.3, 0.4) is 0 Å². The van der Waals surface area contributed by atoms with Gasteiger partial charge in [0.15, 0.2) is 6.10 Å². The minimum Gasteiger partial charge on any atom is -0.476 e. The first-order valence-corrected chi connectivity index (χ1v) is 9.06. The smallest absolute Gasteiger partial charge is 0.263 e. The number of carbonyl (C=O) groups excluding carboxylic acids is 1. The molecule has 6 nitrogen and oxygen atoms in total. The predicted molar refractivity (Wildman–Crippen MR) is 85.6 cm³/mol. The molecule has 2 atom stereocenters. The van der Waals surface area contributed by atoms with E-state index in [9.17, 15) is 13.2 Å². The van der Waals surface area contributed by atoms with Gasteiger partial charge in [0.25, 0.3) is 5.91 Å². The van der Waals surface area contributed by atoms with Crippen molar-refractivity contribution in [2.75, 3.05) is 16.6 Å². The van der Waals surface area contributed by atoms with E-state index in [1.54, 1.807) is 31.2 Å². The molecule has 0 unspecified atom stereocenters. The number of rotatable bonds is 5. The quantitative estimate of drug-likeness (QED) is 0.890. The number of anilines is 1. The van der Waals surface area contributed by atoms with Crippen LogP contribution in [-0.4, -0.2) is 38.8 Å². The van der Waals surface area contributed by atoms with Gasteiger partial charge in [-0.1, -0.05) is 19.1 Å². The molecular formula is C15H22N2O4S. The first-order chi connectivity index (χ1) is 10.4. The van der Waals surface area contributed by atoms with E-state index >= 15 is 0 Å². The number of sulfonamides is 1. The molecule has 0 saturated carbocycles. The van der Waals surface area contributed by atoms with Gasteiger partial charge in [0.1, 0.15) is 5.75 Å². The van der Waals surface area contributed by atoms with E-state index in [1.807, 2.05) is 13.8 Å². The van der Waals surface area contributed by atoms with Crippen molar-refractivity contribution in [3.8, 4) is 5.75 Å². The summed E-state index contributed by atoms with van der Waals surface area (Å²) in [5.41, 5.74) is 0.483. The van der Waals surface area contributed by atoms with Crippen molar-refractivity contribution in [2.24, 2.45) is 0 Å². The summed E-state index contributed by atoms with van der Waals surface area (Å²) in [5.74, 6) is 0.0938. The minimum absolute atomic E-state index is 0.00451. The average Bonchev–Trinajstić information content (AvgIpc) is 2.53. The predicted octanol–water partition coefficient (Wildman–Crippen LogP) is 1.52. The number of benzene rings is 1. The van der Waals surface area contributed by atoms with E-state index in [0.29, 0.717) is 11.4 Å². The minimum atomic E-state index is -3.46. The van der Waals surface area contributed by atoms with Gasteiger partial charge in [-0.25, -0.2) is 8.42 Å². The van der Waals surface area contributed by atoms with Crippen molar-refractivity contribution in [3.05, 3.63) is 24.3 Å². The van der Waals surface area contributed by atoms with Crippen LogP contribution in [0, 0.1) is 0 Å². The van der Waals surface area contributed by atoms with Crippen LogP contribution in [0.15, 0.2) is 24.3 Å². The van der Waals surface area contributed by atoms with Gasteiger partial charge in [-0.3, -0.25) is 9.10 Å². The number of amides is 1. The Balaban J connectivity index is 2.31. The van der Waals surface area contributed by atoms with Crippen LogP contribution >= 0.6 is 0 Å². The monoisotopic (exact) mass is 326 g/mol. The fourth-order valence-electron chi connectivity index (χ4n) is 2.20. The van der Waals surface area contributed by atoms with E-state index in [4.69, 9.17) is 4.74 Å². The summed E-state index contributed by atoms with van der Waals surface area (Å²) in [6.07, 6.45) is -0.0447. The van der Waals surface area contributed by atoms with Crippen molar-refractivity contribution in [1.29, 1.82) is 0 Å². The maximum absolute atomic E-state index is 12.3. The van der Waals surface area contributed by atoms with E-state index in [2.05, 4.69) is 5.32 Å². The number of hydrogen-bond acceptors (Lipinski definition) is 4. The zero-order chi connectivity index (χ0) is 16.3. The molecule has 0 aromatic heterocycles. The lowest BCUT2D eigenvalue weighted by atomic mass is 10.2. The van der Waals surface area contributed by atoms with E-state index in [0.717, 1.165) is 6.42 Å². The molecule has 122 valence electrons. The molecule has 0 saturated heterocycles. The second kappa shape index (κ2) is 6.56. The number of hydrogen-bond donors (Lipinski definition) is 1. The summed E-state index contributed by atoms with van der Waals surface area (Å²) in [4.78, 5) is 12.3. The third-order valence-electron chi connectivity index (χ3n) is 3.73. The lowest BCUT2D eigenvalue weighted by Crippen LogP contribution is -2.52. The van der Waals surface area contributed by atoms with Gasteiger partial charge in [-0.05, 0) is 32.4 Å². The first kappa shape index (κ1) is 16.6. The summed E-state index contributed by atoms with van der Waals surface area (Å²) >= 11 is 0. The second-order valence-electron chi connectivity index (χ2n) is 5.32. The highest BCUT2D eigenvalue weighted by Gasteiger charge is 2.36. The van der Waals surface area contributed by atoms with Gasteiger partial charge in [0.05, 0.1) is 18.0 Å². The normalized spacial score (nSPS) is 19.0.